The maximum Gasteiger partial charge on any atom is 0.187 e. The van der Waals surface area contributed by atoms with Crippen LogP contribution in [-0.2, 0) is 23.7 Å². The zero-order chi connectivity index (χ0) is 30.6. The summed E-state index contributed by atoms with van der Waals surface area (Å²) in [6.07, 6.45) is -13.0. The molecule has 1 saturated carbocycles. The molecule has 0 aromatic heterocycles. The summed E-state index contributed by atoms with van der Waals surface area (Å²) in [7, 11) is 1.59. The maximum absolute atomic E-state index is 11.1. The first-order chi connectivity index (χ1) is 20.1. The highest BCUT2D eigenvalue weighted by molar-refractivity contribution is 5.46. The van der Waals surface area contributed by atoms with E-state index in [1.165, 1.54) is 0 Å². The average Bonchev–Trinajstić information content (AvgIpc) is 3.28. The maximum atomic E-state index is 11.1. The Morgan fingerprint density at radius 3 is 2.14 bits per heavy atom. The molecule has 0 bridgehead atoms. The summed E-state index contributed by atoms with van der Waals surface area (Å²) in [4.78, 5) is 0. The van der Waals surface area contributed by atoms with Crippen molar-refractivity contribution in [2.24, 2.45) is 22.9 Å². The fraction of sp³-hybridized carbons (Fsp3) is 0.769. The summed E-state index contributed by atoms with van der Waals surface area (Å²) in [6, 6.07) is 4.86. The number of rotatable bonds is 12. The molecule has 16 nitrogen and oxygen atoms in total. The van der Waals surface area contributed by atoms with Gasteiger partial charge in [-0.15, -0.1) is 0 Å². The standard InChI is InChI=1S/C26H45N5O11/c1-37-12-4-2-11(3-5-12)31-6-7-38-22-14(29)8-13(28)18(33)24(22)42-26-21(36)23(16(10-32)40-26)41-25-17(30)20(35)19(34)15(9-27)39-25/h2-5,13-26,31-36H,6-10,27-30H2,1H3/t13-,14+,15+,16-,17-,18+,19-,20-,21-,22-,23-,24-,25-,26+/m1/s1. The van der Waals surface area contributed by atoms with Gasteiger partial charge in [-0.05, 0) is 30.7 Å². The van der Waals surface area contributed by atoms with Crippen molar-refractivity contribution in [3.63, 3.8) is 0 Å². The highest BCUT2D eigenvalue weighted by Crippen LogP contribution is 2.33. The van der Waals surface area contributed by atoms with E-state index < -0.39 is 92.2 Å². The van der Waals surface area contributed by atoms with Crippen LogP contribution in [0.15, 0.2) is 24.3 Å². The average molecular weight is 604 g/mol. The fourth-order valence-corrected chi connectivity index (χ4v) is 5.46. The predicted octanol–water partition coefficient (Wildman–Crippen LogP) is -4.51. The Bertz CT molecular complexity index is 965. The molecule has 4 rings (SSSR count). The van der Waals surface area contributed by atoms with Crippen molar-refractivity contribution >= 4 is 5.69 Å². The van der Waals surface area contributed by atoms with E-state index in [1.54, 1.807) is 7.11 Å². The molecular formula is C26H45N5O11. The Hall–Kier alpha value is -1.74. The van der Waals surface area contributed by atoms with E-state index in [-0.39, 0.29) is 19.6 Å². The van der Waals surface area contributed by atoms with Gasteiger partial charge in [0.2, 0.25) is 0 Å². The molecule has 14 N–H and O–H groups in total. The van der Waals surface area contributed by atoms with Crippen molar-refractivity contribution in [3.05, 3.63) is 24.3 Å². The summed E-state index contributed by atoms with van der Waals surface area (Å²) < 4.78 is 34.4. The van der Waals surface area contributed by atoms with E-state index in [9.17, 15) is 25.5 Å². The normalized spacial score (nSPS) is 42.4. The van der Waals surface area contributed by atoms with Gasteiger partial charge in [-0.3, -0.25) is 0 Å². The van der Waals surface area contributed by atoms with Gasteiger partial charge in [0.25, 0.3) is 0 Å². The van der Waals surface area contributed by atoms with Crippen molar-refractivity contribution in [1.82, 2.24) is 0 Å². The van der Waals surface area contributed by atoms with Crippen LogP contribution < -0.4 is 33.0 Å². The van der Waals surface area contributed by atoms with Crippen LogP contribution in [0.25, 0.3) is 0 Å². The minimum absolute atomic E-state index is 0.124. The molecule has 0 unspecified atom stereocenters. The lowest BCUT2D eigenvalue weighted by Crippen LogP contribution is -2.64. The van der Waals surface area contributed by atoms with Gasteiger partial charge >= 0.3 is 0 Å². The van der Waals surface area contributed by atoms with Crippen molar-refractivity contribution in [2.75, 3.05) is 38.7 Å². The Morgan fingerprint density at radius 1 is 0.833 bits per heavy atom. The molecule has 3 fully saturated rings. The molecule has 0 amide bonds. The van der Waals surface area contributed by atoms with Crippen LogP contribution in [0.3, 0.4) is 0 Å². The third-order valence-electron chi connectivity index (χ3n) is 7.93. The number of aliphatic hydroxyl groups excluding tert-OH is 5. The molecule has 2 aliphatic heterocycles. The van der Waals surface area contributed by atoms with Gasteiger partial charge in [0, 0.05) is 30.9 Å². The van der Waals surface area contributed by atoms with E-state index in [2.05, 4.69) is 5.32 Å². The van der Waals surface area contributed by atoms with E-state index in [1.807, 2.05) is 24.3 Å². The van der Waals surface area contributed by atoms with Crippen LogP contribution in [0, 0.1) is 0 Å². The van der Waals surface area contributed by atoms with E-state index in [4.69, 9.17) is 51.4 Å². The first-order valence-electron chi connectivity index (χ1n) is 14.0. The molecule has 1 aromatic rings. The van der Waals surface area contributed by atoms with Crippen molar-refractivity contribution in [2.45, 2.75) is 92.1 Å². The van der Waals surface area contributed by atoms with Gasteiger partial charge in [-0.1, -0.05) is 0 Å². The molecule has 0 spiro atoms. The largest absolute Gasteiger partial charge is 0.497 e. The minimum atomic E-state index is -1.49. The van der Waals surface area contributed by atoms with Gasteiger partial charge in [0.15, 0.2) is 12.6 Å². The molecule has 3 aliphatic rings. The van der Waals surface area contributed by atoms with E-state index in [0.29, 0.717) is 6.54 Å². The number of hydrogen-bond acceptors (Lipinski definition) is 16. The zero-order valence-electron chi connectivity index (χ0n) is 23.4. The molecule has 1 aromatic carbocycles. The molecular weight excluding hydrogens is 558 g/mol. The first kappa shape index (κ1) is 33.2. The van der Waals surface area contributed by atoms with Gasteiger partial charge in [0.1, 0.15) is 54.6 Å². The highest BCUT2D eigenvalue weighted by Gasteiger charge is 2.53. The number of benzene rings is 1. The molecule has 16 heteroatoms. The van der Waals surface area contributed by atoms with Gasteiger partial charge < -0.3 is 82.2 Å². The third-order valence-corrected chi connectivity index (χ3v) is 7.93. The van der Waals surface area contributed by atoms with E-state index >= 15 is 0 Å². The predicted molar refractivity (Wildman–Crippen MR) is 147 cm³/mol. The second-order valence-corrected chi connectivity index (χ2v) is 10.8. The van der Waals surface area contributed by atoms with E-state index in [0.717, 1.165) is 11.4 Å². The summed E-state index contributed by atoms with van der Waals surface area (Å²) in [6.45, 7) is -0.0703. The number of ether oxygens (including phenoxy) is 6. The molecule has 14 atom stereocenters. The van der Waals surface area contributed by atoms with Crippen molar-refractivity contribution in [1.29, 1.82) is 0 Å². The highest BCUT2D eigenvalue weighted by atomic mass is 16.8. The van der Waals surface area contributed by atoms with Crippen LogP contribution in [0.5, 0.6) is 5.75 Å². The van der Waals surface area contributed by atoms with Gasteiger partial charge in [-0.25, -0.2) is 0 Å². The topological polar surface area (TPSA) is 273 Å². The Labute approximate surface area is 243 Å². The molecule has 42 heavy (non-hydrogen) atoms. The van der Waals surface area contributed by atoms with Crippen molar-refractivity contribution in [3.8, 4) is 5.75 Å². The lowest BCUT2D eigenvalue weighted by molar-refractivity contribution is -0.280. The van der Waals surface area contributed by atoms with Crippen LogP contribution >= 0.6 is 0 Å². The third kappa shape index (κ3) is 7.31. The van der Waals surface area contributed by atoms with Crippen molar-refractivity contribution < 1.29 is 54.0 Å². The molecule has 2 saturated heterocycles. The van der Waals surface area contributed by atoms with Crippen LogP contribution in [-0.4, -0.2) is 145 Å². The van der Waals surface area contributed by atoms with Gasteiger partial charge in [0.05, 0.1) is 32.5 Å². The fourth-order valence-electron chi connectivity index (χ4n) is 5.46. The second-order valence-electron chi connectivity index (χ2n) is 10.8. The second kappa shape index (κ2) is 14.8. The summed E-state index contributed by atoms with van der Waals surface area (Å²) in [5.74, 6) is 0.730. The number of methoxy groups -OCH3 is 1. The Morgan fingerprint density at radius 2 is 1.50 bits per heavy atom. The number of nitrogens with two attached hydrogens (primary N) is 4. The monoisotopic (exact) mass is 603 g/mol. The molecule has 1 aliphatic carbocycles. The number of nitrogens with one attached hydrogen (secondary N) is 1. The zero-order valence-corrected chi connectivity index (χ0v) is 23.4. The van der Waals surface area contributed by atoms with Gasteiger partial charge in [-0.2, -0.15) is 0 Å². The lowest BCUT2D eigenvalue weighted by atomic mass is 9.84. The number of aliphatic hydroxyl groups is 5. The summed E-state index contributed by atoms with van der Waals surface area (Å²) in [5, 5.41) is 55.6. The summed E-state index contributed by atoms with van der Waals surface area (Å²) in [5.41, 5.74) is 24.9. The quantitative estimate of drug-likeness (QED) is 0.101. The molecule has 240 valence electrons. The van der Waals surface area contributed by atoms with Crippen LogP contribution in [0.4, 0.5) is 5.69 Å². The lowest BCUT2D eigenvalue weighted by Gasteiger charge is -2.43. The smallest absolute Gasteiger partial charge is 0.187 e. The Balaban J connectivity index is 1.39. The number of hydrogen-bond donors (Lipinski definition) is 10. The van der Waals surface area contributed by atoms with Crippen LogP contribution in [0.1, 0.15) is 6.42 Å². The summed E-state index contributed by atoms with van der Waals surface area (Å²) >= 11 is 0. The van der Waals surface area contributed by atoms with Crippen LogP contribution in [0.2, 0.25) is 0 Å². The first-order valence-corrected chi connectivity index (χ1v) is 14.0. The Kier molecular flexibility index (Phi) is 11.7. The molecule has 2 heterocycles. The molecule has 0 radical (unpaired) electrons. The SMILES string of the molecule is COc1ccc(NCCO[C@H]2[C@H](O[C@@H]3O[C@H](CO)[C@@H](O[C@H]4O[C@@H](CN)[C@@H](O)[C@H](O)[C@H]4N)[C@H]3O)[C@@H](O)[C@H](N)C[C@@H]2N)cc1. The minimum Gasteiger partial charge on any atom is -0.497 e. The number of anilines is 1.